The highest BCUT2D eigenvalue weighted by molar-refractivity contribution is 9.10. The molecule has 0 saturated carbocycles. The van der Waals surface area contributed by atoms with Crippen LogP contribution in [0, 0.1) is 0 Å². The minimum atomic E-state index is -1.04. The molecule has 0 bridgehead atoms. The van der Waals surface area contributed by atoms with Gasteiger partial charge in [-0.2, -0.15) is 0 Å². The second-order valence-corrected chi connectivity index (χ2v) is 5.10. The van der Waals surface area contributed by atoms with E-state index in [2.05, 4.69) is 21.2 Å². The highest BCUT2D eigenvalue weighted by atomic mass is 79.9. The summed E-state index contributed by atoms with van der Waals surface area (Å²) in [5, 5.41) is 12.1. The lowest BCUT2D eigenvalue weighted by Crippen LogP contribution is -2.44. The predicted octanol–water partition coefficient (Wildman–Crippen LogP) is 3.43. The number of carboxylic acid groups (broad SMARTS) is 1. The molecule has 0 saturated heterocycles. The number of urea groups is 1. The lowest BCUT2D eigenvalue weighted by molar-refractivity contribution is -0.141. The first-order valence-electron chi connectivity index (χ1n) is 5.59. The average Bonchev–Trinajstić information content (AvgIpc) is 2.35. The first-order valence-corrected chi connectivity index (χ1v) is 6.76. The maximum Gasteiger partial charge on any atom is 0.326 e. The molecule has 2 N–H and O–H groups in total. The Labute approximate surface area is 124 Å². The zero-order valence-electron chi connectivity index (χ0n) is 10.5. The minimum Gasteiger partial charge on any atom is -0.480 e. The first-order chi connectivity index (χ1) is 8.88. The van der Waals surface area contributed by atoms with Crippen molar-refractivity contribution in [3.05, 3.63) is 27.7 Å². The van der Waals surface area contributed by atoms with Crippen molar-refractivity contribution in [3.8, 4) is 0 Å². The van der Waals surface area contributed by atoms with Gasteiger partial charge in [-0.25, -0.2) is 9.59 Å². The number of amides is 2. The zero-order valence-corrected chi connectivity index (χ0v) is 12.8. The Balaban J connectivity index is 2.85. The number of nitrogens with zero attached hydrogens (tertiary/aromatic N) is 1. The molecule has 0 radical (unpaired) electrons. The Bertz CT molecular complexity index is 496. The second kappa shape index (κ2) is 6.77. The van der Waals surface area contributed by atoms with E-state index in [4.69, 9.17) is 16.7 Å². The van der Waals surface area contributed by atoms with Crippen molar-refractivity contribution in [1.82, 2.24) is 4.90 Å². The molecule has 7 heteroatoms. The Morgan fingerprint density at radius 3 is 2.68 bits per heavy atom. The van der Waals surface area contributed by atoms with Crippen molar-refractivity contribution in [3.63, 3.8) is 0 Å². The van der Waals surface area contributed by atoms with Crippen molar-refractivity contribution in [2.45, 2.75) is 19.4 Å². The number of nitrogens with one attached hydrogen (secondary N) is 1. The van der Waals surface area contributed by atoms with Crippen LogP contribution in [-0.4, -0.2) is 35.1 Å². The van der Waals surface area contributed by atoms with Crippen LogP contribution in [0.3, 0.4) is 0 Å². The van der Waals surface area contributed by atoms with Gasteiger partial charge < -0.3 is 15.3 Å². The number of benzene rings is 1. The van der Waals surface area contributed by atoms with Gasteiger partial charge in [-0.3, -0.25) is 0 Å². The molecule has 0 aliphatic carbocycles. The van der Waals surface area contributed by atoms with Crippen molar-refractivity contribution in [1.29, 1.82) is 0 Å². The van der Waals surface area contributed by atoms with Crippen LogP contribution < -0.4 is 5.32 Å². The summed E-state index contributed by atoms with van der Waals surface area (Å²) in [5.41, 5.74) is 0.490. The average molecular weight is 350 g/mol. The molecule has 5 nitrogen and oxygen atoms in total. The number of carboxylic acids is 1. The van der Waals surface area contributed by atoms with Crippen LogP contribution in [0.2, 0.25) is 5.02 Å². The van der Waals surface area contributed by atoms with E-state index < -0.39 is 18.0 Å². The molecule has 0 heterocycles. The summed E-state index contributed by atoms with van der Waals surface area (Å²) in [6.45, 7) is 1.71. The molecular formula is C12H14BrClN2O3. The molecule has 1 aromatic carbocycles. The fourth-order valence-electron chi connectivity index (χ4n) is 1.56. The molecule has 1 rings (SSSR count). The number of carbonyl (C=O) groups is 2. The standard InChI is InChI=1S/C12H14BrClN2O3/c1-3-9(11(17)18)16(2)12(19)15-8-6-4-5-7(14)10(8)13/h4-6,9H,3H2,1-2H3,(H,15,19)(H,17,18). The number of likely N-dealkylation sites (N-methyl/N-ethyl adjacent to an activating group) is 1. The van der Waals surface area contributed by atoms with Gasteiger partial charge in [-0.1, -0.05) is 24.6 Å². The maximum atomic E-state index is 12.0. The van der Waals surface area contributed by atoms with Crippen LogP contribution >= 0.6 is 27.5 Å². The normalized spacial score (nSPS) is 11.8. The van der Waals surface area contributed by atoms with E-state index in [1.807, 2.05) is 0 Å². The van der Waals surface area contributed by atoms with Gasteiger partial charge in [0.1, 0.15) is 6.04 Å². The predicted molar refractivity (Wildman–Crippen MR) is 77.6 cm³/mol. The summed E-state index contributed by atoms with van der Waals surface area (Å²) in [7, 11) is 1.44. The third kappa shape index (κ3) is 3.84. The van der Waals surface area contributed by atoms with E-state index in [0.29, 0.717) is 21.6 Å². The Morgan fingerprint density at radius 2 is 2.16 bits per heavy atom. The van der Waals surface area contributed by atoms with Gasteiger partial charge in [-0.05, 0) is 34.5 Å². The Morgan fingerprint density at radius 1 is 1.53 bits per heavy atom. The number of hydrogen-bond donors (Lipinski definition) is 2. The van der Waals surface area contributed by atoms with E-state index in [1.54, 1.807) is 25.1 Å². The molecule has 0 fully saturated rings. The fourth-order valence-corrected chi connectivity index (χ4v) is 2.10. The summed E-state index contributed by atoms with van der Waals surface area (Å²) in [4.78, 5) is 24.1. The molecule has 104 valence electrons. The van der Waals surface area contributed by atoms with Crippen LogP contribution in [0.5, 0.6) is 0 Å². The largest absolute Gasteiger partial charge is 0.480 e. The lowest BCUT2D eigenvalue weighted by Gasteiger charge is -2.24. The molecule has 0 aliphatic rings. The Kier molecular flexibility index (Phi) is 5.62. The van der Waals surface area contributed by atoms with Gasteiger partial charge in [0.05, 0.1) is 15.2 Å². The van der Waals surface area contributed by atoms with Crippen molar-refractivity contribution in [2.24, 2.45) is 0 Å². The van der Waals surface area contributed by atoms with E-state index >= 15 is 0 Å². The Hall–Kier alpha value is -1.27. The molecule has 19 heavy (non-hydrogen) atoms. The smallest absolute Gasteiger partial charge is 0.326 e. The van der Waals surface area contributed by atoms with Crippen molar-refractivity contribution in [2.75, 3.05) is 12.4 Å². The van der Waals surface area contributed by atoms with E-state index in [0.717, 1.165) is 4.90 Å². The van der Waals surface area contributed by atoms with E-state index in [-0.39, 0.29) is 0 Å². The summed E-state index contributed by atoms with van der Waals surface area (Å²) in [6, 6.07) is 3.67. The molecular weight excluding hydrogens is 336 g/mol. The number of rotatable bonds is 4. The minimum absolute atomic E-state index is 0.329. The van der Waals surface area contributed by atoms with Gasteiger partial charge in [-0.15, -0.1) is 0 Å². The second-order valence-electron chi connectivity index (χ2n) is 3.90. The summed E-state index contributed by atoms with van der Waals surface area (Å²) >= 11 is 9.17. The third-order valence-corrected chi connectivity index (χ3v) is 4.05. The molecule has 1 unspecified atom stereocenters. The number of anilines is 1. The van der Waals surface area contributed by atoms with Gasteiger partial charge in [0, 0.05) is 7.05 Å². The van der Waals surface area contributed by atoms with Crippen molar-refractivity contribution >= 4 is 45.2 Å². The third-order valence-electron chi connectivity index (χ3n) is 2.65. The quantitative estimate of drug-likeness (QED) is 0.875. The van der Waals surface area contributed by atoms with Gasteiger partial charge in [0.15, 0.2) is 0 Å². The van der Waals surface area contributed by atoms with Crippen LogP contribution in [0.1, 0.15) is 13.3 Å². The molecule has 2 amide bonds. The number of aliphatic carboxylic acids is 1. The lowest BCUT2D eigenvalue weighted by atomic mass is 10.2. The zero-order chi connectivity index (χ0) is 14.6. The molecule has 0 aliphatic heterocycles. The van der Waals surface area contributed by atoms with Gasteiger partial charge in [0.2, 0.25) is 0 Å². The maximum absolute atomic E-state index is 12.0. The van der Waals surface area contributed by atoms with Crippen LogP contribution in [0.15, 0.2) is 22.7 Å². The number of halogens is 2. The topological polar surface area (TPSA) is 69.6 Å². The summed E-state index contributed by atoms with van der Waals surface area (Å²) in [6.07, 6.45) is 0.329. The highest BCUT2D eigenvalue weighted by Gasteiger charge is 2.25. The summed E-state index contributed by atoms with van der Waals surface area (Å²) in [5.74, 6) is -1.04. The van der Waals surface area contributed by atoms with Crippen molar-refractivity contribution < 1.29 is 14.7 Å². The van der Waals surface area contributed by atoms with Crippen LogP contribution in [0.25, 0.3) is 0 Å². The van der Waals surface area contributed by atoms with Gasteiger partial charge >= 0.3 is 12.0 Å². The van der Waals surface area contributed by atoms with E-state index in [9.17, 15) is 9.59 Å². The van der Waals surface area contributed by atoms with Crippen LogP contribution in [0.4, 0.5) is 10.5 Å². The highest BCUT2D eigenvalue weighted by Crippen LogP contribution is 2.30. The van der Waals surface area contributed by atoms with E-state index in [1.165, 1.54) is 7.05 Å². The SMILES string of the molecule is CCC(C(=O)O)N(C)C(=O)Nc1cccc(Cl)c1Br. The number of hydrogen-bond acceptors (Lipinski definition) is 2. The monoisotopic (exact) mass is 348 g/mol. The molecule has 0 spiro atoms. The molecule has 1 atom stereocenters. The van der Waals surface area contributed by atoms with Crippen LogP contribution in [-0.2, 0) is 4.79 Å². The summed E-state index contributed by atoms with van der Waals surface area (Å²) < 4.78 is 0.557. The molecule has 0 aromatic heterocycles. The number of carbonyl (C=O) groups excluding carboxylic acids is 1. The first kappa shape index (κ1) is 15.8. The fraction of sp³-hybridized carbons (Fsp3) is 0.333. The molecule has 1 aromatic rings. The van der Waals surface area contributed by atoms with Gasteiger partial charge in [0.25, 0.3) is 0 Å².